The van der Waals surface area contributed by atoms with Crippen molar-refractivity contribution in [3.63, 3.8) is 0 Å². The molecule has 0 aliphatic rings. The highest BCUT2D eigenvalue weighted by atomic mass is 16.4. The largest absolute Gasteiger partial charge is 0.481 e. The number of aromatic nitrogens is 2. The smallest absolute Gasteiger partial charge is 0.319 e. The number of carboxylic acid groups (broad SMARTS) is 1. The van der Waals surface area contributed by atoms with Crippen LogP contribution < -0.4 is 10.6 Å². The third-order valence-corrected chi connectivity index (χ3v) is 2.97. The molecule has 22 heavy (non-hydrogen) atoms. The fourth-order valence-corrected chi connectivity index (χ4v) is 1.84. The molecule has 0 spiro atoms. The molecule has 0 unspecified atom stereocenters. The molecule has 0 aliphatic carbocycles. The summed E-state index contributed by atoms with van der Waals surface area (Å²) in [6.07, 6.45) is 4.26. The van der Waals surface area contributed by atoms with Gasteiger partial charge in [-0.25, -0.2) is 14.8 Å². The fourth-order valence-electron chi connectivity index (χ4n) is 1.84. The molecule has 2 amide bonds. The number of nitrogens with zero attached hydrogens (tertiary/aromatic N) is 2. The average Bonchev–Trinajstić information content (AvgIpc) is 2.37. The molecule has 0 fully saturated rings. The number of carboxylic acids is 1. The van der Waals surface area contributed by atoms with Gasteiger partial charge < -0.3 is 15.7 Å². The zero-order valence-corrected chi connectivity index (χ0v) is 13.5. The van der Waals surface area contributed by atoms with Crippen LogP contribution in [-0.2, 0) is 11.2 Å². The Bertz CT molecular complexity index is 512. The first-order valence-corrected chi connectivity index (χ1v) is 7.30. The lowest BCUT2D eigenvalue weighted by atomic mass is 9.99. The monoisotopic (exact) mass is 308 g/mol. The van der Waals surface area contributed by atoms with Gasteiger partial charge in [0.1, 0.15) is 5.82 Å². The second-order valence-corrected chi connectivity index (χ2v) is 6.34. The standard InChI is InChI=1S/C15H24N4O3/c1-10(2)7-12-16-8-11(9-17-12)18-14(22)19-15(3,4)6-5-13(20)21/h8-10H,5-7H2,1-4H3,(H,20,21)(H2,18,19,22). The average molecular weight is 308 g/mol. The Morgan fingerprint density at radius 2 is 1.86 bits per heavy atom. The van der Waals surface area contributed by atoms with Crippen LogP contribution in [0.5, 0.6) is 0 Å². The summed E-state index contributed by atoms with van der Waals surface area (Å²) in [6, 6.07) is -0.407. The zero-order valence-electron chi connectivity index (χ0n) is 13.5. The van der Waals surface area contributed by atoms with Crippen LogP contribution in [0.4, 0.5) is 10.5 Å². The first kappa shape index (κ1) is 17.9. The van der Waals surface area contributed by atoms with Crippen LogP contribution in [0.1, 0.15) is 46.4 Å². The third-order valence-electron chi connectivity index (χ3n) is 2.97. The first-order chi connectivity index (χ1) is 10.2. The highest BCUT2D eigenvalue weighted by Crippen LogP contribution is 2.12. The van der Waals surface area contributed by atoms with E-state index in [0.29, 0.717) is 18.0 Å². The summed E-state index contributed by atoms with van der Waals surface area (Å²) >= 11 is 0. The van der Waals surface area contributed by atoms with Gasteiger partial charge in [-0.05, 0) is 26.2 Å². The summed E-state index contributed by atoms with van der Waals surface area (Å²) in [5.41, 5.74) is -0.111. The van der Waals surface area contributed by atoms with Gasteiger partial charge >= 0.3 is 12.0 Å². The predicted molar refractivity (Wildman–Crippen MR) is 83.7 cm³/mol. The highest BCUT2D eigenvalue weighted by molar-refractivity contribution is 5.89. The molecule has 0 saturated carbocycles. The van der Waals surface area contributed by atoms with Gasteiger partial charge in [0.15, 0.2) is 0 Å². The molecule has 7 nitrogen and oxygen atoms in total. The van der Waals surface area contributed by atoms with E-state index < -0.39 is 17.5 Å². The maximum atomic E-state index is 11.9. The lowest BCUT2D eigenvalue weighted by Gasteiger charge is -2.25. The van der Waals surface area contributed by atoms with Crippen LogP contribution in [0.3, 0.4) is 0 Å². The molecule has 0 atom stereocenters. The van der Waals surface area contributed by atoms with Crippen molar-refractivity contribution < 1.29 is 14.7 Å². The van der Waals surface area contributed by atoms with Gasteiger partial charge in [0.05, 0.1) is 18.1 Å². The Hall–Kier alpha value is -2.18. The number of aliphatic carboxylic acids is 1. The minimum absolute atomic E-state index is 0.000288. The lowest BCUT2D eigenvalue weighted by molar-refractivity contribution is -0.137. The quantitative estimate of drug-likeness (QED) is 0.717. The van der Waals surface area contributed by atoms with E-state index in [1.54, 1.807) is 26.2 Å². The summed E-state index contributed by atoms with van der Waals surface area (Å²) < 4.78 is 0. The second kappa shape index (κ2) is 7.72. The van der Waals surface area contributed by atoms with E-state index in [-0.39, 0.29) is 6.42 Å². The maximum Gasteiger partial charge on any atom is 0.319 e. The number of urea groups is 1. The second-order valence-electron chi connectivity index (χ2n) is 6.34. The van der Waals surface area contributed by atoms with E-state index >= 15 is 0 Å². The molecule has 0 saturated heterocycles. The van der Waals surface area contributed by atoms with Crippen LogP contribution in [0.25, 0.3) is 0 Å². The Labute approximate surface area is 130 Å². The fraction of sp³-hybridized carbons (Fsp3) is 0.600. The van der Waals surface area contributed by atoms with Gasteiger partial charge in [-0.2, -0.15) is 0 Å². The van der Waals surface area contributed by atoms with E-state index in [0.717, 1.165) is 12.2 Å². The summed E-state index contributed by atoms with van der Waals surface area (Å²) in [5, 5.41) is 14.1. The SMILES string of the molecule is CC(C)Cc1ncc(NC(=O)NC(C)(C)CCC(=O)O)cn1. The first-order valence-electron chi connectivity index (χ1n) is 7.30. The lowest BCUT2D eigenvalue weighted by Crippen LogP contribution is -2.45. The summed E-state index contributed by atoms with van der Waals surface area (Å²) in [4.78, 5) is 30.9. The van der Waals surface area contributed by atoms with Gasteiger partial charge in [-0.15, -0.1) is 0 Å². The summed E-state index contributed by atoms with van der Waals surface area (Å²) in [5.74, 6) is 0.323. The molecule has 1 aromatic rings. The summed E-state index contributed by atoms with van der Waals surface area (Å²) in [6.45, 7) is 7.72. The Balaban J connectivity index is 2.52. The molecule has 1 heterocycles. The topological polar surface area (TPSA) is 104 Å². The minimum Gasteiger partial charge on any atom is -0.481 e. The van der Waals surface area contributed by atoms with Crippen molar-refractivity contribution in [3.8, 4) is 0 Å². The van der Waals surface area contributed by atoms with Crippen LogP contribution in [-0.4, -0.2) is 32.6 Å². The number of hydrogen-bond donors (Lipinski definition) is 3. The van der Waals surface area contributed by atoms with Crippen LogP contribution in [0.15, 0.2) is 12.4 Å². The third kappa shape index (κ3) is 7.01. The number of anilines is 1. The van der Waals surface area contributed by atoms with Crippen molar-refractivity contribution >= 4 is 17.7 Å². The molecule has 0 aliphatic heterocycles. The Morgan fingerprint density at radius 3 is 2.36 bits per heavy atom. The van der Waals surface area contributed by atoms with Gasteiger partial charge in [-0.1, -0.05) is 13.8 Å². The van der Waals surface area contributed by atoms with Crippen molar-refractivity contribution in [2.24, 2.45) is 5.92 Å². The molecular weight excluding hydrogens is 284 g/mol. The van der Waals surface area contributed by atoms with E-state index in [9.17, 15) is 9.59 Å². The molecule has 1 aromatic heterocycles. The number of amides is 2. The number of nitrogens with one attached hydrogen (secondary N) is 2. The highest BCUT2D eigenvalue weighted by Gasteiger charge is 2.21. The molecule has 122 valence electrons. The number of hydrogen-bond acceptors (Lipinski definition) is 4. The van der Waals surface area contributed by atoms with E-state index in [1.807, 2.05) is 0 Å². The zero-order chi connectivity index (χ0) is 16.8. The van der Waals surface area contributed by atoms with E-state index in [2.05, 4.69) is 34.4 Å². The molecular formula is C15H24N4O3. The minimum atomic E-state index is -0.885. The number of rotatable bonds is 7. The molecule has 0 bridgehead atoms. The molecule has 3 N–H and O–H groups in total. The van der Waals surface area contributed by atoms with Crippen molar-refractivity contribution in [2.45, 2.75) is 52.5 Å². The maximum absolute atomic E-state index is 11.9. The molecule has 7 heteroatoms. The van der Waals surface area contributed by atoms with Crippen molar-refractivity contribution in [2.75, 3.05) is 5.32 Å². The predicted octanol–water partition coefficient (Wildman–Crippen LogP) is 2.44. The van der Waals surface area contributed by atoms with Crippen molar-refractivity contribution in [1.29, 1.82) is 0 Å². The van der Waals surface area contributed by atoms with Crippen molar-refractivity contribution in [3.05, 3.63) is 18.2 Å². The van der Waals surface area contributed by atoms with Crippen LogP contribution in [0, 0.1) is 5.92 Å². The number of carbonyl (C=O) groups excluding carboxylic acids is 1. The van der Waals surface area contributed by atoms with Gasteiger partial charge in [-0.3, -0.25) is 4.79 Å². The Morgan fingerprint density at radius 1 is 1.27 bits per heavy atom. The van der Waals surface area contributed by atoms with Gasteiger partial charge in [0, 0.05) is 18.4 Å². The van der Waals surface area contributed by atoms with E-state index in [1.165, 1.54) is 0 Å². The van der Waals surface area contributed by atoms with Gasteiger partial charge in [0.2, 0.25) is 0 Å². The number of carbonyl (C=O) groups is 2. The van der Waals surface area contributed by atoms with Gasteiger partial charge in [0.25, 0.3) is 0 Å². The van der Waals surface area contributed by atoms with Crippen LogP contribution in [0.2, 0.25) is 0 Å². The van der Waals surface area contributed by atoms with E-state index in [4.69, 9.17) is 5.11 Å². The normalized spacial score (nSPS) is 11.3. The molecule has 1 rings (SSSR count). The Kier molecular flexibility index (Phi) is 6.27. The summed E-state index contributed by atoms with van der Waals surface area (Å²) in [7, 11) is 0. The van der Waals surface area contributed by atoms with Crippen LogP contribution >= 0.6 is 0 Å². The molecule has 0 radical (unpaired) electrons. The molecule has 0 aromatic carbocycles. The van der Waals surface area contributed by atoms with Crippen molar-refractivity contribution in [1.82, 2.24) is 15.3 Å².